The van der Waals surface area contributed by atoms with E-state index in [-0.39, 0.29) is 0 Å². The van der Waals surface area contributed by atoms with Crippen LogP contribution in [0.4, 0.5) is 0 Å². The molecule has 88 valence electrons. The van der Waals surface area contributed by atoms with Gasteiger partial charge in [0.1, 0.15) is 12.4 Å². The fraction of sp³-hybridized carbons (Fsp3) is 0.0833. The van der Waals surface area contributed by atoms with Crippen LogP contribution in [0, 0.1) is 0 Å². The van der Waals surface area contributed by atoms with Crippen molar-refractivity contribution in [1.29, 1.82) is 0 Å². The van der Waals surface area contributed by atoms with E-state index < -0.39 is 0 Å². The van der Waals surface area contributed by atoms with Crippen molar-refractivity contribution in [3.05, 3.63) is 57.3 Å². The fourth-order valence-electron chi connectivity index (χ4n) is 1.27. The predicted molar refractivity (Wildman–Crippen MR) is 70.0 cm³/mol. The molecule has 0 aliphatic heterocycles. The Labute approximate surface area is 114 Å². The second-order valence-corrected chi connectivity index (χ2v) is 4.61. The lowest BCUT2D eigenvalue weighted by Gasteiger charge is -2.07. The van der Waals surface area contributed by atoms with Gasteiger partial charge in [-0.1, -0.05) is 34.8 Å². The number of pyridine rings is 1. The molecular weight excluding hydrogens is 280 g/mol. The average Bonchev–Trinajstić information content (AvgIpc) is 2.30. The van der Waals surface area contributed by atoms with Crippen LogP contribution >= 0.6 is 34.8 Å². The minimum absolute atomic E-state index is 0.292. The first kappa shape index (κ1) is 12.5. The van der Waals surface area contributed by atoms with Gasteiger partial charge in [-0.05, 0) is 24.3 Å². The van der Waals surface area contributed by atoms with E-state index in [1.165, 1.54) is 0 Å². The van der Waals surface area contributed by atoms with Crippen LogP contribution in [0.15, 0.2) is 36.5 Å². The van der Waals surface area contributed by atoms with E-state index in [2.05, 4.69) is 4.98 Å². The molecule has 0 aliphatic rings. The van der Waals surface area contributed by atoms with Crippen LogP contribution in [0.3, 0.4) is 0 Å². The van der Waals surface area contributed by atoms with E-state index in [4.69, 9.17) is 39.5 Å². The lowest BCUT2D eigenvalue weighted by molar-refractivity contribution is 0.301. The Bertz CT molecular complexity index is 531. The maximum absolute atomic E-state index is 5.96. The molecule has 0 N–H and O–H groups in total. The van der Waals surface area contributed by atoms with Gasteiger partial charge in [0, 0.05) is 22.3 Å². The fourth-order valence-corrected chi connectivity index (χ4v) is 1.78. The SMILES string of the molecule is Clc1ccnc(COc2cc(Cl)ccc2Cl)c1. The van der Waals surface area contributed by atoms with E-state index in [9.17, 15) is 0 Å². The van der Waals surface area contributed by atoms with Crippen LogP contribution in [0.5, 0.6) is 5.75 Å². The molecule has 0 saturated heterocycles. The molecule has 2 rings (SSSR count). The van der Waals surface area contributed by atoms with Gasteiger partial charge in [-0.15, -0.1) is 0 Å². The summed E-state index contributed by atoms with van der Waals surface area (Å²) in [5.41, 5.74) is 0.730. The number of hydrogen-bond acceptors (Lipinski definition) is 2. The summed E-state index contributed by atoms with van der Waals surface area (Å²) >= 11 is 17.7. The molecule has 0 fully saturated rings. The van der Waals surface area contributed by atoms with Gasteiger partial charge in [-0.25, -0.2) is 0 Å². The number of hydrogen-bond donors (Lipinski definition) is 0. The molecule has 0 radical (unpaired) electrons. The van der Waals surface area contributed by atoms with Gasteiger partial charge in [0.2, 0.25) is 0 Å². The summed E-state index contributed by atoms with van der Waals surface area (Å²) in [4.78, 5) is 4.12. The zero-order chi connectivity index (χ0) is 12.3. The minimum Gasteiger partial charge on any atom is -0.486 e. The molecule has 5 heteroatoms. The van der Waals surface area contributed by atoms with Crippen molar-refractivity contribution in [2.24, 2.45) is 0 Å². The Morgan fingerprint density at radius 2 is 1.76 bits per heavy atom. The molecule has 0 saturated carbocycles. The zero-order valence-electron chi connectivity index (χ0n) is 8.66. The lowest BCUT2D eigenvalue weighted by atomic mass is 10.3. The van der Waals surface area contributed by atoms with Crippen LogP contribution in [-0.2, 0) is 6.61 Å². The van der Waals surface area contributed by atoms with Crippen LogP contribution in [0.2, 0.25) is 15.1 Å². The number of nitrogens with zero attached hydrogens (tertiary/aromatic N) is 1. The summed E-state index contributed by atoms with van der Waals surface area (Å²) in [6.07, 6.45) is 1.63. The Morgan fingerprint density at radius 3 is 2.53 bits per heavy atom. The quantitative estimate of drug-likeness (QED) is 0.822. The molecule has 2 aromatic rings. The number of aromatic nitrogens is 1. The average molecular weight is 289 g/mol. The summed E-state index contributed by atoms with van der Waals surface area (Å²) in [6.45, 7) is 0.292. The van der Waals surface area contributed by atoms with Crippen molar-refractivity contribution < 1.29 is 4.74 Å². The molecule has 1 heterocycles. The van der Waals surface area contributed by atoms with Crippen LogP contribution in [0.1, 0.15) is 5.69 Å². The van der Waals surface area contributed by atoms with Crippen LogP contribution in [-0.4, -0.2) is 4.98 Å². The van der Waals surface area contributed by atoms with E-state index >= 15 is 0 Å². The first-order valence-corrected chi connectivity index (χ1v) is 5.97. The normalized spacial score (nSPS) is 10.3. The van der Waals surface area contributed by atoms with E-state index in [1.54, 1.807) is 36.5 Å². The molecular formula is C12H8Cl3NO. The monoisotopic (exact) mass is 287 g/mol. The summed E-state index contributed by atoms with van der Waals surface area (Å²) in [7, 11) is 0. The van der Waals surface area contributed by atoms with Gasteiger partial charge < -0.3 is 4.74 Å². The van der Waals surface area contributed by atoms with Gasteiger partial charge in [0.25, 0.3) is 0 Å². The van der Waals surface area contributed by atoms with Gasteiger partial charge in [0.05, 0.1) is 10.7 Å². The van der Waals surface area contributed by atoms with Crippen molar-refractivity contribution in [3.8, 4) is 5.75 Å². The first-order chi connectivity index (χ1) is 8.15. The molecule has 2 nitrogen and oxygen atoms in total. The summed E-state index contributed by atoms with van der Waals surface area (Å²) < 4.78 is 5.52. The predicted octanol–water partition coefficient (Wildman–Crippen LogP) is 4.62. The number of halogens is 3. The second kappa shape index (κ2) is 5.58. The van der Waals surface area contributed by atoms with E-state index in [0.717, 1.165) is 5.69 Å². The van der Waals surface area contributed by atoms with Gasteiger partial charge >= 0.3 is 0 Å². The molecule has 0 unspecified atom stereocenters. The Hall–Kier alpha value is -0.960. The maximum Gasteiger partial charge on any atom is 0.139 e. The van der Waals surface area contributed by atoms with Crippen molar-refractivity contribution in [2.45, 2.75) is 6.61 Å². The molecule has 0 spiro atoms. The summed E-state index contributed by atoms with van der Waals surface area (Å²) in [5.74, 6) is 0.529. The molecule has 1 aromatic carbocycles. The lowest BCUT2D eigenvalue weighted by Crippen LogP contribution is -1.98. The first-order valence-electron chi connectivity index (χ1n) is 4.83. The van der Waals surface area contributed by atoms with Crippen molar-refractivity contribution in [3.63, 3.8) is 0 Å². The molecule has 17 heavy (non-hydrogen) atoms. The number of rotatable bonds is 3. The highest BCUT2D eigenvalue weighted by Crippen LogP contribution is 2.28. The standard InChI is InChI=1S/C12H8Cl3NO/c13-8-1-2-11(15)12(6-8)17-7-10-5-9(14)3-4-16-10/h1-6H,7H2. The third kappa shape index (κ3) is 3.50. The van der Waals surface area contributed by atoms with Gasteiger partial charge in [-0.2, -0.15) is 0 Å². The Balaban J connectivity index is 2.09. The third-order valence-electron chi connectivity index (χ3n) is 2.05. The highest BCUT2D eigenvalue weighted by molar-refractivity contribution is 6.34. The van der Waals surface area contributed by atoms with Crippen molar-refractivity contribution in [2.75, 3.05) is 0 Å². The van der Waals surface area contributed by atoms with Gasteiger partial charge in [0.15, 0.2) is 0 Å². The van der Waals surface area contributed by atoms with Crippen LogP contribution in [0.25, 0.3) is 0 Å². The van der Waals surface area contributed by atoms with E-state index in [0.29, 0.717) is 27.4 Å². The molecule has 0 atom stereocenters. The molecule has 0 aliphatic carbocycles. The minimum atomic E-state index is 0.292. The van der Waals surface area contributed by atoms with E-state index in [1.807, 2.05) is 0 Å². The molecule has 0 amide bonds. The van der Waals surface area contributed by atoms with Crippen LogP contribution < -0.4 is 4.74 Å². The summed E-state index contributed by atoms with van der Waals surface area (Å²) in [6, 6.07) is 8.49. The zero-order valence-corrected chi connectivity index (χ0v) is 10.9. The topological polar surface area (TPSA) is 22.1 Å². The Kier molecular flexibility index (Phi) is 4.11. The number of ether oxygens (including phenoxy) is 1. The van der Waals surface area contributed by atoms with Crippen molar-refractivity contribution >= 4 is 34.8 Å². The highest BCUT2D eigenvalue weighted by Gasteiger charge is 2.03. The Morgan fingerprint density at radius 1 is 1.00 bits per heavy atom. The largest absolute Gasteiger partial charge is 0.486 e. The maximum atomic E-state index is 5.96. The van der Waals surface area contributed by atoms with Crippen molar-refractivity contribution in [1.82, 2.24) is 4.98 Å². The van der Waals surface area contributed by atoms with Gasteiger partial charge in [-0.3, -0.25) is 4.98 Å². The third-order valence-corrected chi connectivity index (χ3v) is 2.83. The summed E-state index contributed by atoms with van der Waals surface area (Å²) in [5, 5.41) is 1.70. The second-order valence-electron chi connectivity index (χ2n) is 3.33. The number of benzene rings is 1. The smallest absolute Gasteiger partial charge is 0.139 e. The molecule has 1 aromatic heterocycles. The highest BCUT2D eigenvalue weighted by atomic mass is 35.5. The molecule has 0 bridgehead atoms.